The first-order valence-corrected chi connectivity index (χ1v) is 7.40. The molecule has 0 heterocycles. The molecule has 0 aromatic rings. The summed E-state index contributed by atoms with van der Waals surface area (Å²) in [6.07, 6.45) is 2.20. The second kappa shape index (κ2) is 9.80. The minimum atomic E-state index is 0.872. The monoisotopic (exact) mass is 261 g/mol. The van der Waals surface area contributed by atoms with E-state index in [1.807, 2.05) is 11.8 Å². The Kier molecular flexibility index (Phi) is 9.69. The fraction of sp³-hybridized carbons (Fsp3) is 0.846. The lowest BCUT2D eigenvalue weighted by Gasteiger charge is -2.24. The topological polar surface area (TPSA) is 21.3 Å². The van der Waals surface area contributed by atoms with Gasteiger partial charge in [0.05, 0.1) is 27.7 Å². The minimum absolute atomic E-state index is 0.872. The molecule has 0 aromatic carbocycles. The van der Waals surface area contributed by atoms with Crippen LogP contribution in [0, 0.1) is 0 Å². The summed E-state index contributed by atoms with van der Waals surface area (Å²) in [5, 5.41) is 3.39. The summed E-state index contributed by atoms with van der Waals surface area (Å²) in [5.74, 6) is 2.33. The Balaban J connectivity index is 3.28. The number of ether oxygens (including phenoxy) is 1. The number of rotatable bonds is 11. The van der Waals surface area contributed by atoms with Gasteiger partial charge in [0.1, 0.15) is 0 Å². The number of thioether (sulfide) groups is 1. The van der Waals surface area contributed by atoms with Crippen LogP contribution in [0.4, 0.5) is 0 Å². The largest absolute Gasteiger partial charge is 0.388 e. The van der Waals surface area contributed by atoms with E-state index in [4.69, 9.17) is 4.74 Å². The van der Waals surface area contributed by atoms with Crippen LogP contribution < -0.4 is 5.32 Å². The summed E-state index contributed by atoms with van der Waals surface area (Å²) in [6.45, 7) is 7.08. The van der Waals surface area contributed by atoms with E-state index in [1.54, 1.807) is 7.11 Å². The predicted molar refractivity (Wildman–Crippen MR) is 78.5 cm³/mol. The quantitative estimate of drug-likeness (QED) is 0.454. The van der Waals surface area contributed by atoms with Crippen molar-refractivity contribution >= 4 is 11.8 Å². The van der Waals surface area contributed by atoms with E-state index in [9.17, 15) is 0 Å². The third-order valence-electron chi connectivity index (χ3n) is 2.34. The van der Waals surface area contributed by atoms with Crippen molar-refractivity contribution in [2.24, 2.45) is 0 Å². The Morgan fingerprint density at radius 2 is 2.00 bits per heavy atom. The highest BCUT2D eigenvalue weighted by Gasteiger charge is 2.06. The molecule has 0 fully saturated rings. The fourth-order valence-corrected chi connectivity index (χ4v) is 2.04. The van der Waals surface area contributed by atoms with Crippen molar-refractivity contribution in [2.45, 2.75) is 12.8 Å². The molecular weight excluding hydrogens is 232 g/mol. The molecule has 0 bridgehead atoms. The van der Waals surface area contributed by atoms with Crippen LogP contribution in [0.2, 0.25) is 0 Å². The Bertz CT molecular complexity index is 202. The zero-order chi connectivity index (χ0) is 13.1. The van der Waals surface area contributed by atoms with E-state index < -0.39 is 0 Å². The molecular formula is C13H29N2OS+. The zero-order valence-corrected chi connectivity index (χ0v) is 12.7. The van der Waals surface area contributed by atoms with Gasteiger partial charge in [0.25, 0.3) is 0 Å². The van der Waals surface area contributed by atoms with Crippen molar-refractivity contribution in [3.63, 3.8) is 0 Å². The van der Waals surface area contributed by atoms with Crippen LogP contribution in [0.1, 0.15) is 12.8 Å². The molecule has 0 aliphatic heterocycles. The van der Waals surface area contributed by atoms with Crippen LogP contribution in [-0.2, 0) is 4.74 Å². The van der Waals surface area contributed by atoms with Crippen LogP contribution in [0.15, 0.2) is 12.3 Å². The number of methoxy groups -OCH3 is 1. The van der Waals surface area contributed by atoms with Gasteiger partial charge < -0.3 is 14.5 Å². The summed E-state index contributed by atoms with van der Waals surface area (Å²) >= 11 is 1.97. The molecule has 0 saturated heterocycles. The Morgan fingerprint density at radius 1 is 1.29 bits per heavy atom. The molecule has 17 heavy (non-hydrogen) atoms. The van der Waals surface area contributed by atoms with Gasteiger partial charge in [0, 0.05) is 38.1 Å². The summed E-state index contributed by atoms with van der Waals surface area (Å²) in [5.41, 5.74) is 1.16. The first-order valence-electron chi connectivity index (χ1n) is 6.24. The zero-order valence-electron chi connectivity index (χ0n) is 11.9. The van der Waals surface area contributed by atoms with Crippen molar-refractivity contribution in [3.05, 3.63) is 12.3 Å². The van der Waals surface area contributed by atoms with Gasteiger partial charge in [-0.1, -0.05) is 6.58 Å². The first kappa shape index (κ1) is 16.8. The molecule has 0 aliphatic carbocycles. The first-order chi connectivity index (χ1) is 7.95. The molecule has 0 atom stereocenters. The van der Waals surface area contributed by atoms with Crippen LogP contribution in [0.25, 0.3) is 0 Å². The van der Waals surface area contributed by atoms with Crippen LogP contribution in [0.3, 0.4) is 0 Å². The lowest BCUT2D eigenvalue weighted by atomic mass is 10.3. The van der Waals surface area contributed by atoms with Crippen molar-refractivity contribution in [2.75, 3.05) is 59.5 Å². The molecule has 0 unspecified atom stereocenters. The average molecular weight is 261 g/mol. The normalized spacial score (nSPS) is 11.5. The van der Waals surface area contributed by atoms with E-state index in [-0.39, 0.29) is 0 Å². The highest BCUT2D eigenvalue weighted by atomic mass is 32.2. The number of hydrogen-bond donors (Lipinski definition) is 1. The molecule has 4 heteroatoms. The third-order valence-corrected chi connectivity index (χ3v) is 3.41. The SMILES string of the molecule is C=C(CC[N+](C)(C)C)NCCSCCCOC. The second-order valence-corrected chi connectivity index (χ2v) is 6.48. The van der Waals surface area contributed by atoms with Crippen molar-refractivity contribution in [1.29, 1.82) is 0 Å². The maximum absolute atomic E-state index is 5.01. The molecule has 0 saturated carbocycles. The molecule has 0 rings (SSSR count). The van der Waals surface area contributed by atoms with Gasteiger partial charge in [0.2, 0.25) is 0 Å². The molecule has 0 aromatic heterocycles. The second-order valence-electron chi connectivity index (χ2n) is 5.25. The molecule has 3 nitrogen and oxygen atoms in total. The van der Waals surface area contributed by atoms with Crippen molar-refractivity contribution in [1.82, 2.24) is 5.32 Å². The van der Waals surface area contributed by atoms with E-state index in [0.29, 0.717) is 0 Å². The lowest BCUT2D eigenvalue weighted by molar-refractivity contribution is -0.870. The maximum atomic E-state index is 5.01. The van der Waals surface area contributed by atoms with E-state index in [0.717, 1.165) is 48.5 Å². The highest BCUT2D eigenvalue weighted by Crippen LogP contribution is 2.03. The minimum Gasteiger partial charge on any atom is -0.388 e. The van der Waals surface area contributed by atoms with Gasteiger partial charge in [-0.05, 0) is 12.2 Å². The Labute approximate surface area is 111 Å². The average Bonchev–Trinajstić information content (AvgIpc) is 2.24. The van der Waals surface area contributed by atoms with Crippen molar-refractivity contribution in [3.8, 4) is 0 Å². The summed E-state index contributed by atoms with van der Waals surface area (Å²) < 4.78 is 6.00. The van der Waals surface area contributed by atoms with Gasteiger partial charge in [-0.25, -0.2) is 0 Å². The Morgan fingerprint density at radius 3 is 2.59 bits per heavy atom. The smallest absolute Gasteiger partial charge is 0.0835 e. The molecule has 102 valence electrons. The number of nitrogens with zero attached hydrogens (tertiary/aromatic N) is 1. The number of hydrogen-bond acceptors (Lipinski definition) is 3. The molecule has 0 amide bonds. The van der Waals surface area contributed by atoms with Gasteiger partial charge in [-0.15, -0.1) is 0 Å². The van der Waals surface area contributed by atoms with Gasteiger partial charge in [-0.2, -0.15) is 11.8 Å². The highest BCUT2D eigenvalue weighted by molar-refractivity contribution is 7.99. The fourth-order valence-electron chi connectivity index (χ4n) is 1.27. The molecule has 0 aliphatic rings. The summed E-state index contributed by atoms with van der Waals surface area (Å²) in [4.78, 5) is 0. The molecule has 0 radical (unpaired) electrons. The van der Waals surface area contributed by atoms with E-state index in [2.05, 4.69) is 33.0 Å². The lowest BCUT2D eigenvalue weighted by Crippen LogP contribution is -2.36. The van der Waals surface area contributed by atoms with Crippen LogP contribution in [0.5, 0.6) is 0 Å². The standard InChI is InChI=1S/C13H29N2OS/c1-13(7-9-15(2,3)4)14-8-12-17-11-6-10-16-5/h14H,1,6-12H2,2-5H3/q+1. The van der Waals surface area contributed by atoms with Gasteiger partial charge in [0.15, 0.2) is 0 Å². The van der Waals surface area contributed by atoms with Crippen molar-refractivity contribution < 1.29 is 9.22 Å². The molecule has 1 N–H and O–H groups in total. The number of quaternary nitrogens is 1. The van der Waals surface area contributed by atoms with Crippen LogP contribution >= 0.6 is 11.8 Å². The predicted octanol–water partition coefficient (Wildman–Crippen LogP) is 1.96. The van der Waals surface area contributed by atoms with E-state index in [1.165, 1.54) is 5.75 Å². The molecule has 0 spiro atoms. The maximum Gasteiger partial charge on any atom is 0.0835 e. The van der Waals surface area contributed by atoms with E-state index >= 15 is 0 Å². The summed E-state index contributed by atoms with van der Waals surface area (Å²) in [6, 6.07) is 0. The third kappa shape index (κ3) is 13.7. The Hall–Kier alpha value is -0.190. The van der Waals surface area contributed by atoms with Gasteiger partial charge >= 0.3 is 0 Å². The van der Waals surface area contributed by atoms with Crippen LogP contribution in [-0.4, -0.2) is 63.9 Å². The van der Waals surface area contributed by atoms with Gasteiger partial charge in [-0.3, -0.25) is 0 Å². The summed E-state index contributed by atoms with van der Waals surface area (Å²) in [7, 11) is 8.38. The number of nitrogens with one attached hydrogen (secondary N) is 1.